The smallest absolute Gasteiger partial charge is 0.0608 e. The Hall–Kier alpha value is -0.700. The third-order valence-corrected chi connectivity index (χ3v) is 2.37. The second-order valence-electron chi connectivity index (χ2n) is 2.71. The summed E-state index contributed by atoms with van der Waals surface area (Å²) in [4.78, 5) is 0. The van der Waals surface area contributed by atoms with Gasteiger partial charge in [-0.25, -0.2) is 0 Å². The molecule has 3 heteroatoms. The molecule has 1 aliphatic heterocycles. The first-order valence-corrected chi connectivity index (χ1v) is 4.38. The molecule has 0 unspecified atom stereocenters. The van der Waals surface area contributed by atoms with Crippen LogP contribution in [-0.4, -0.2) is 6.54 Å². The van der Waals surface area contributed by atoms with E-state index in [1.54, 1.807) is 0 Å². The minimum atomic E-state index is 0.840. The molecule has 0 aliphatic carbocycles. The fourth-order valence-corrected chi connectivity index (χ4v) is 1.94. The third-order valence-electron chi connectivity index (χ3n) is 1.91. The molecule has 0 bridgehead atoms. The van der Waals surface area contributed by atoms with Crippen molar-refractivity contribution < 1.29 is 0 Å². The number of hydrogen-bond donors (Lipinski definition) is 2. The molecular formula is C8H9BrN2. The highest BCUT2D eigenvalue weighted by molar-refractivity contribution is 9.10. The summed E-state index contributed by atoms with van der Waals surface area (Å²) in [5, 5.41) is 3.25. The van der Waals surface area contributed by atoms with Crippen LogP contribution in [-0.2, 0) is 6.42 Å². The van der Waals surface area contributed by atoms with Crippen LogP contribution in [0, 0.1) is 0 Å². The fraction of sp³-hybridized carbons (Fsp3) is 0.250. The number of nitrogens with two attached hydrogens (primary N) is 1. The highest BCUT2D eigenvalue weighted by Crippen LogP contribution is 2.31. The minimum Gasteiger partial charge on any atom is -0.397 e. The summed E-state index contributed by atoms with van der Waals surface area (Å²) in [6.45, 7) is 1.01. The first-order valence-electron chi connectivity index (χ1n) is 3.59. The highest BCUT2D eigenvalue weighted by atomic mass is 79.9. The van der Waals surface area contributed by atoms with Crippen molar-refractivity contribution in [3.63, 3.8) is 0 Å². The van der Waals surface area contributed by atoms with Crippen LogP contribution in [0.2, 0.25) is 0 Å². The molecule has 0 atom stereocenters. The van der Waals surface area contributed by atoms with Gasteiger partial charge in [-0.3, -0.25) is 0 Å². The zero-order valence-corrected chi connectivity index (χ0v) is 7.61. The van der Waals surface area contributed by atoms with Crippen molar-refractivity contribution in [2.45, 2.75) is 6.42 Å². The van der Waals surface area contributed by atoms with Gasteiger partial charge in [0.15, 0.2) is 0 Å². The van der Waals surface area contributed by atoms with Crippen molar-refractivity contribution in [3.05, 3.63) is 22.2 Å². The lowest BCUT2D eigenvalue weighted by atomic mass is 10.1. The first kappa shape index (κ1) is 6.98. The van der Waals surface area contributed by atoms with E-state index in [9.17, 15) is 0 Å². The molecule has 11 heavy (non-hydrogen) atoms. The van der Waals surface area contributed by atoms with Crippen LogP contribution in [0.4, 0.5) is 11.4 Å². The number of benzene rings is 1. The molecule has 0 aromatic heterocycles. The summed E-state index contributed by atoms with van der Waals surface area (Å²) < 4.78 is 1.07. The normalized spacial score (nSPS) is 14.3. The lowest BCUT2D eigenvalue weighted by Crippen LogP contribution is -1.95. The van der Waals surface area contributed by atoms with Crippen molar-refractivity contribution in [1.82, 2.24) is 0 Å². The quantitative estimate of drug-likeness (QED) is 0.647. The van der Waals surface area contributed by atoms with Gasteiger partial charge in [0.05, 0.1) is 11.4 Å². The van der Waals surface area contributed by atoms with Gasteiger partial charge in [-0.2, -0.15) is 0 Å². The van der Waals surface area contributed by atoms with Crippen LogP contribution in [0.15, 0.2) is 16.6 Å². The van der Waals surface area contributed by atoms with Gasteiger partial charge in [0.2, 0.25) is 0 Å². The fourth-order valence-electron chi connectivity index (χ4n) is 1.42. The van der Waals surface area contributed by atoms with Gasteiger partial charge in [-0.05, 0) is 24.1 Å². The Labute approximate surface area is 73.9 Å². The Kier molecular flexibility index (Phi) is 1.53. The van der Waals surface area contributed by atoms with Gasteiger partial charge < -0.3 is 11.1 Å². The summed E-state index contributed by atoms with van der Waals surface area (Å²) in [5.41, 5.74) is 9.06. The Bertz CT molecular complexity index is 296. The summed E-state index contributed by atoms with van der Waals surface area (Å²) >= 11 is 3.41. The van der Waals surface area contributed by atoms with Gasteiger partial charge in [0.25, 0.3) is 0 Å². The van der Waals surface area contributed by atoms with Crippen LogP contribution in [0.25, 0.3) is 0 Å². The minimum absolute atomic E-state index is 0.840. The van der Waals surface area contributed by atoms with Crippen LogP contribution in [0.3, 0.4) is 0 Å². The van der Waals surface area contributed by atoms with E-state index in [1.807, 2.05) is 6.07 Å². The largest absolute Gasteiger partial charge is 0.397 e. The maximum absolute atomic E-state index is 5.78. The van der Waals surface area contributed by atoms with Gasteiger partial charge in [0, 0.05) is 11.0 Å². The van der Waals surface area contributed by atoms with E-state index >= 15 is 0 Å². The number of nitrogens with one attached hydrogen (secondary N) is 1. The van der Waals surface area contributed by atoms with E-state index in [2.05, 4.69) is 27.3 Å². The molecule has 2 rings (SSSR count). The van der Waals surface area contributed by atoms with Crippen molar-refractivity contribution >= 4 is 27.3 Å². The molecule has 0 spiro atoms. The summed E-state index contributed by atoms with van der Waals surface area (Å²) in [7, 11) is 0. The van der Waals surface area contributed by atoms with Crippen LogP contribution >= 0.6 is 15.9 Å². The van der Waals surface area contributed by atoms with Crippen molar-refractivity contribution in [1.29, 1.82) is 0 Å². The highest BCUT2D eigenvalue weighted by Gasteiger charge is 2.12. The maximum atomic E-state index is 5.78. The summed E-state index contributed by atoms with van der Waals surface area (Å²) in [5.74, 6) is 0. The Morgan fingerprint density at radius 3 is 3.09 bits per heavy atom. The lowest BCUT2D eigenvalue weighted by molar-refractivity contribution is 1.10. The standard InChI is InChI=1S/C8H9BrN2/c9-6-3-5-1-2-11-8(5)7(10)4-6/h3-4,11H,1-2,10H2. The van der Waals surface area contributed by atoms with E-state index in [-0.39, 0.29) is 0 Å². The third kappa shape index (κ3) is 1.09. The molecule has 1 aromatic rings. The predicted octanol–water partition coefficient (Wildman–Crippen LogP) is 2.00. The van der Waals surface area contributed by atoms with Gasteiger partial charge >= 0.3 is 0 Å². The zero-order chi connectivity index (χ0) is 7.84. The molecule has 2 nitrogen and oxygen atoms in total. The number of hydrogen-bond acceptors (Lipinski definition) is 2. The van der Waals surface area contributed by atoms with Gasteiger partial charge in [-0.1, -0.05) is 15.9 Å². The van der Waals surface area contributed by atoms with Crippen LogP contribution in [0.5, 0.6) is 0 Å². The first-order chi connectivity index (χ1) is 5.27. The molecule has 0 fully saturated rings. The Morgan fingerprint density at radius 1 is 1.45 bits per heavy atom. The molecule has 0 radical (unpaired) electrons. The summed E-state index contributed by atoms with van der Waals surface area (Å²) in [6, 6.07) is 4.04. The maximum Gasteiger partial charge on any atom is 0.0608 e. The molecule has 58 valence electrons. The van der Waals surface area contributed by atoms with E-state index in [0.29, 0.717) is 0 Å². The van der Waals surface area contributed by atoms with Gasteiger partial charge in [0.1, 0.15) is 0 Å². The van der Waals surface area contributed by atoms with Gasteiger partial charge in [-0.15, -0.1) is 0 Å². The number of rotatable bonds is 0. The van der Waals surface area contributed by atoms with Crippen LogP contribution < -0.4 is 11.1 Å². The molecule has 1 aromatic carbocycles. The van der Waals surface area contributed by atoms with Crippen molar-refractivity contribution in [2.75, 3.05) is 17.6 Å². The second kappa shape index (κ2) is 2.41. The topological polar surface area (TPSA) is 38.0 Å². The lowest BCUT2D eigenvalue weighted by Gasteiger charge is -2.03. The predicted molar refractivity (Wildman–Crippen MR) is 50.7 cm³/mol. The van der Waals surface area contributed by atoms with Crippen molar-refractivity contribution in [3.8, 4) is 0 Å². The Balaban J connectivity index is 2.60. The van der Waals surface area contributed by atoms with Crippen LogP contribution in [0.1, 0.15) is 5.56 Å². The number of fused-ring (bicyclic) bond motifs is 1. The monoisotopic (exact) mass is 212 g/mol. The van der Waals surface area contributed by atoms with Crippen molar-refractivity contribution in [2.24, 2.45) is 0 Å². The average Bonchev–Trinajstić information content (AvgIpc) is 2.34. The number of halogens is 1. The van der Waals surface area contributed by atoms with E-state index < -0.39 is 0 Å². The number of nitrogen functional groups attached to an aromatic ring is 1. The molecule has 3 N–H and O–H groups in total. The van der Waals surface area contributed by atoms with E-state index in [1.165, 1.54) is 5.56 Å². The molecule has 1 aliphatic rings. The molecule has 0 saturated carbocycles. The van der Waals surface area contributed by atoms with E-state index in [0.717, 1.165) is 28.8 Å². The average molecular weight is 213 g/mol. The molecule has 0 amide bonds. The SMILES string of the molecule is Nc1cc(Br)cc2c1NCC2. The zero-order valence-electron chi connectivity index (χ0n) is 6.02. The van der Waals surface area contributed by atoms with E-state index in [4.69, 9.17) is 5.73 Å². The Morgan fingerprint density at radius 2 is 2.27 bits per heavy atom. The molecular weight excluding hydrogens is 204 g/mol. The molecule has 0 saturated heterocycles. The second-order valence-corrected chi connectivity index (χ2v) is 3.62. The molecule has 1 heterocycles. The number of anilines is 2. The summed E-state index contributed by atoms with van der Waals surface area (Å²) in [6.07, 6.45) is 1.08.